The van der Waals surface area contributed by atoms with Crippen molar-refractivity contribution in [2.45, 2.75) is 0 Å². The van der Waals surface area contributed by atoms with Crippen LogP contribution in [0.5, 0.6) is 0 Å². The van der Waals surface area contributed by atoms with Crippen molar-refractivity contribution in [3.05, 3.63) is 41.6 Å². The molecule has 0 radical (unpaired) electrons. The average Bonchev–Trinajstić information content (AvgIpc) is 2.60. The summed E-state index contributed by atoms with van der Waals surface area (Å²) in [4.78, 5) is 0. The maximum atomic E-state index is 13.5. The van der Waals surface area contributed by atoms with Gasteiger partial charge >= 0.3 is 0 Å². The second kappa shape index (κ2) is 3.74. The first-order valence-electron chi connectivity index (χ1n) is 4.51. The molecule has 0 amide bonds. The second-order valence-electron chi connectivity index (χ2n) is 3.27. The first-order chi connectivity index (χ1) is 7.61. The molecule has 0 aliphatic rings. The van der Waals surface area contributed by atoms with Crippen LogP contribution in [0, 0.1) is 23.0 Å². The van der Waals surface area contributed by atoms with Gasteiger partial charge in [0.2, 0.25) is 0 Å². The van der Waals surface area contributed by atoms with Gasteiger partial charge in [-0.3, -0.25) is 4.68 Å². The van der Waals surface area contributed by atoms with Gasteiger partial charge in [-0.15, -0.1) is 0 Å². The lowest BCUT2D eigenvalue weighted by Gasteiger charge is -2.02. The van der Waals surface area contributed by atoms with Crippen molar-refractivity contribution in [1.82, 2.24) is 9.78 Å². The SMILES string of the molecule is Cn1nc(C#N)cc1-c1ccc(F)cc1F. The fourth-order valence-electron chi connectivity index (χ4n) is 1.47. The lowest BCUT2D eigenvalue weighted by atomic mass is 10.1. The Kier molecular flexibility index (Phi) is 2.41. The molecule has 3 nitrogen and oxygen atoms in total. The number of nitriles is 1. The minimum atomic E-state index is -0.674. The van der Waals surface area contributed by atoms with Crippen molar-refractivity contribution in [1.29, 1.82) is 5.26 Å². The largest absolute Gasteiger partial charge is 0.267 e. The highest BCUT2D eigenvalue weighted by atomic mass is 19.1. The first-order valence-corrected chi connectivity index (χ1v) is 4.51. The van der Waals surface area contributed by atoms with Crippen molar-refractivity contribution in [3.8, 4) is 17.3 Å². The number of halogens is 2. The highest BCUT2D eigenvalue weighted by Gasteiger charge is 2.11. The maximum Gasteiger partial charge on any atom is 0.163 e. The summed E-state index contributed by atoms with van der Waals surface area (Å²) in [7, 11) is 1.60. The summed E-state index contributed by atoms with van der Waals surface area (Å²) >= 11 is 0. The van der Waals surface area contributed by atoms with Gasteiger partial charge in [0, 0.05) is 24.7 Å². The van der Waals surface area contributed by atoms with E-state index < -0.39 is 11.6 Å². The lowest BCUT2D eigenvalue weighted by molar-refractivity contribution is 0.584. The van der Waals surface area contributed by atoms with Crippen LogP contribution in [0.2, 0.25) is 0 Å². The van der Waals surface area contributed by atoms with Crippen molar-refractivity contribution >= 4 is 0 Å². The molecular formula is C11H7F2N3. The van der Waals surface area contributed by atoms with Gasteiger partial charge in [-0.25, -0.2) is 8.78 Å². The van der Waals surface area contributed by atoms with Crippen molar-refractivity contribution in [2.24, 2.45) is 7.05 Å². The summed E-state index contributed by atoms with van der Waals surface area (Å²) in [5.41, 5.74) is 0.855. The molecule has 0 atom stereocenters. The molecule has 5 heteroatoms. The van der Waals surface area contributed by atoms with Crippen molar-refractivity contribution < 1.29 is 8.78 Å². The Morgan fingerprint density at radius 1 is 1.31 bits per heavy atom. The topological polar surface area (TPSA) is 41.6 Å². The zero-order valence-corrected chi connectivity index (χ0v) is 8.41. The van der Waals surface area contributed by atoms with E-state index in [1.54, 1.807) is 7.05 Å². The number of rotatable bonds is 1. The van der Waals surface area contributed by atoms with Crippen LogP contribution >= 0.6 is 0 Å². The summed E-state index contributed by atoms with van der Waals surface area (Å²) in [6.07, 6.45) is 0. The van der Waals surface area contributed by atoms with E-state index in [9.17, 15) is 8.78 Å². The number of aryl methyl sites for hydroxylation is 1. The van der Waals surface area contributed by atoms with Crippen LogP contribution in [0.4, 0.5) is 8.78 Å². The fraction of sp³-hybridized carbons (Fsp3) is 0.0909. The molecule has 0 aliphatic carbocycles. The molecule has 0 saturated heterocycles. The quantitative estimate of drug-likeness (QED) is 0.738. The Morgan fingerprint density at radius 2 is 2.06 bits per heavy atom. The molecular weight excluding hydrogens is 212 g/mol. The lowest BCUT2D eigenvalue weighted by Crippen LogP contribution is -1.96. The molecule has 0 bridgehead atoms. The third-order valence-electron chi connectivity index (χ3n) is 2.20. The van der Waals surface area contributed by atoms with Gasteiger partial charge in [0.1, 0.15) is 17.7 Å². The van der Waals surface area contributed by atoms with Crippen molar-refractivity contribution in [2.75, 3.05) is 0 Å². The summed E-state index contributed by atoms with van der Waals surface area (Å²) < 4.78 is 27.6. The molecule has 2 rings (SSSR count). The molecule has 16 heavy (non-hydrogen) atoms. The average molecular weight is 219 g/mol. The predicted octanol–water partition coefficient (Wildman–Crippen LogP) is 2.24. The Balaban J connectivity index is 2.59. The van der Waals surface area contributed by atoms with Gasteiger partial charge in [-0.05, 0) is 12.1 Å². The molecule has 80 valence electrons. The van der Waals surface area contributed by atoms with E-state index in [1.165, 1.54) is 16.8 Å². The van der Waals surface area contributed by atoms with Gasteiger partial charge in [0.15, 0.2) is 5.69 Å². The van der Waals surface area contributed by atoms with Crippen LogP contribution in [0.1, 0.15) is 5.69 Å². The number of hydrogen-bond acceptors (Lipinski definition) is 2. The third-order valence-corrected chi connectivity index (χ3v) is 2.20. The minimum absolute atomic E-state index is 0.196. The third kappa shape index (κ3) is 1.65. The molecule has 0 unspecified atom stereocenters. The van der Waals surface area contributed by atoms with Gasteiger partial charge < -0.3 is 0 Å². The smallest absolute Gasteiger partial charge is 0.163 e. The van der Waals surface area contributed by atoms with E-state index in [0.717, 1.165) is 12.1 Å². The van der Waals surface area contributed by atoms with Crippen molar-refractivity contribution in [3.63, 3.8) is 0 Å². The Morgan fingerprint density at radius 3 is 2.62 bits per heavy atom. The standard InChI is InChI=1S/C11H7F2N3/c1-16-11(5-8(6-14)15-16)9-3-2-7(12)4-10(9)13/h2-5H,1H3. The minimum Gasteiger partial charge on any atom is -0.267 e. The van der Waals surface area contributed by atoms with Crippen LogP contribution in [0.25, 0.3) is 11.3 Å². The van der Waals surface area contributed by atoms with Crippen LogP contribution in [-0.2, 0) is 7.05 Å². The Hall–Kier alpha value is -2.22. The number of nitrogens with zero attached hydrogens (tertiary/aromatic N) is 3. The van der Waals surface area contributed by atoms with Gasteiger partial charge in [0.25, 0.3) is 0 Å². The summed E-state index contributed by atoms with van der Waals surface area (Å²) in [6.45, 7) is 0. The van der Waals surface area contributed by atoms with E-state index in [-0.39, 0.29) is 11.3 Å². The highest BCUT2D eigenvalue weighted by molar-refractivity contribution is 5.61. The van der Waals surface area contributed by atoms with E-state index >= 15 is 0 Å². The number of aromatic nitrogens is 2. The molecule has 0 fully saturated rings. The van der Waals surface area contributed by atoms with Crippen LogP contribution in [0.15, 0.2) is 24.3 Å². The summed E-state index contributed by atoms with van der Waals surface area (Å²) in [5.74, 6) is -1.31. The molecule has 1 aromatic carbocycles. The van der Waals surface area contributed by atoms with E-state index in [0.29, 0.717) is 5.69 Å². The molecule has 0 N–H and O–H groups in total. The highest BCUT2D eigenvalue weighted by Crippen LogP contribution is 2.23. The second-order valence-corrected chi connectivity index (χ2v) is 3.27. The summed E-state index contributed by atoms with van der Waals surface area (Å²) in [6, 6.07) is 6.60. The molecule has 0 saturated carbocycles. The Bertz CT molecular complexity index is 581. The number of benzene rings is 1. The normalized spacial score (nSPS) is 10.1. The molecule has 1 aromatic heterocycles. The molecule has 0 spiro atoms. The molecule has 2 aromatic rings. The summed E-state index contributed by atoms with van der Waals surface area (Å²) in [5, 5.41) is 12.5. The maximum absolute atomic E-state index is 13.5. The van der Waals surface area contributed by atoms with E-state index in [4.69, 9.17) is 5.26 Å². The van der Waals surface area contributed by atoms with Gasteiger partial charge in [0.05, 0.1) is 5.69 Å². The molecule has 0 aliphatic heterocycles. The number of hydrogen-bond donors (Lipinski definition) is 0. The van der Waals surface area contributed by atoms with E-state index in [2.05, 4.69) is 5.10 Å². The zero-order chi connectivity index (χ0) is 11.7. The fourth-order valence-corrected chi connectivity index (χ4v) is 1.47. The molecule has 1 heterocycles. The van der Waals surface area contributed by atoms with Crippen LogP contribution < -0.4 is 0 Å². The van der Waals surface area contributed by atoms with E-state index in [1.807, 2.05) is 6.07 Å². The van der Waals surface area contributed by atoms with Crippen LogP contribution in [0.3, 0.4) is 0 Å². The first kappa shape index (κ1) is 10.3. The Labute approximate surface area is 90.5 Å². The van der Waals surface area contributed by atoms with Crippen LogP contribution in [-0.4, -0.2) is 9.78 Å². The zero-order valence-electron chi connectivity index (χ0n) is 8.41. The predicted molar refractivity (Wildman–Crippen MR) is 53.3 cm³/mol. The van der Waals surface area contributed by atoms with Gasteiger partial charge in [-0.1, -0.05) is 0 Å². The van der Waals surface area contributed by atoms with Gasteiger partial charge in [-0.2, -0.15) is 10.4 Å². The monoisotopic (exact) mass is 219 g/mol.